The van der Waals surface area contributed by atoms with Crippen molar-refractivity contribution in [3.8, 4) is 11.5 Å². The molecule has 212 valence electrons. The second kappa shape index (κ2) is 12.9. The molecule has 0 spiro atoms. The first-order valence-corrected chi connectivity index (χ1v) is 15.1. The van der Waals surface area contributed by atoms with Crippen LogP contribution in [0.5, 0.6) is 11.5 Å². The standard InChI is InChI=1S/C37H42N2O2/c1-40-33-20-21-34(41-2)31(25-33)26-38-36-30-22-23-39(32(24-30)19-18-27-12-6-3-7-13-27)37(36)35(28-14-8-4-9-15-28)29-16-10-5-11-17-29/h3-17,20-21,25,30,32,35-38H,18-19,22-24,26H2,1-2H3/t30-,32-,36-,37+/m1/s1. The molecule has 2 bridgehead atoms. The van der Waals surface area contributed by atoms with Crippen LogP contribution in [0.25, 0.3) is 0 Å². The normalized spacial score (nSPS) is 23.4. The highest BCUT2D eigenvalue weighted by atomic mass is 16.5. The van der Waals surface area contributed by atoms with Crippen LogP contribution in [-0.4, -0.2) is 43.8 Å². The number of fused-ring (bicyclic) bond motifs is 3. The molecule has 1 N–H and O–H groups in total. The van der Waals surface area contributed by atoms with Gasteiger partial charge in [-0.2, -0.15) is 0 Å². The minimum Gasteiger partial charge on any atom is -0.497 e. The molecule has 0 saturated carbocycles. The van der Waals surface area contributed by atoms with Gasteiger partial charge in [-0.15, -0.1) is 0 Å². The van der Waals surface area contributed by atoms with Gasteiger partial charge in [0, 0.05) is 36.2 Å². The summed E-state index contributed by atoms with van der Waals surface area (Å²) >= 11 is 0. The number of rotatable bonds is 11. The summed E-state index contributed by atoms with van der Waals surface area (Å²) in [6.07, 6.45) is 4.81. The Labute approximate surface area is 245 Å². The van der Waals surface area contributed by atoms with Crippen molar-refractivity contribution in [2.75, 3.05) is 20.8 Å². The van der Waals surface area contributed by atoms with E-state index in [-0.39, 0.29) is 5.92 Å². The second-order valence-corrected chi connectivity index (χ2v) is 11.6. The Morgan fingerprint density at radius 3 is 2.10 bits per heavy atom. The van der Waals surface area contributed by atoms with Gasteiger partial charge in [-0.1, -0.05) is 91.0 Å². The molecule has 4 aromatic rings. The molecule has 0 radical (unpaired) electrons. The lowest BCUT2D eigenvalue weighted by Gasteiger charge is -2.58. The number of hydrogen-bond acceptors (Lipinski definition) is 4. The second-order valence-electron chi connectivity index (χ2n) is 11.6. The molecular formula is C37H42N2O2. The van der Waals surface area contributed by atoms with Gasteiger partial charge < -0.3 is 14.8 Å². The molecule has 0 aromatic heterocycles. The van der Waals surface area contributed by atoms with Crippen LogP contribution in [0.15, 0.2) is 109 Å². The number of methoxy groups -OCH3 is 2. The molecule has 41 heavy (non-hydrogen) atoms. The minimum atomic E-state index is 0.282. The number of hydrogen-bond donors (Lipinski definition) is 1. The van der Waals surface area contributed by atoms with Crippen LogP contribution in [0.3, 0.4) is 0 Å². The Kier molecular flexibility index (Phi) is 8.69. The van der Waals surface area contributed by atoms with Crippen LogP contribution in [-0.2, 0) is 13.0 Å². The third kappa shape index (κ3) is 6.05. The number of piperidine rings is 3. The zero-order valence-corrected chi connectivity index (χ0v) is 24.3. The van der Waals surface area contributed by atoms with E-state index >= 15 is 0 Å². The lowest BCUT2D eigenvalue weighted by atomic mass is 9.67. The lowest BCUT2D eigenvalue weighted by molar-refractivity contribution is -0.0418. The molecule has 1 unspecified atom stereocenters. The van der Waals surface area contributed by atoms with Gasteiger partial charge in [0.15, 0.2) is 0 Å². The fourth-order valence-electron chi connectivity index (χ4n) is 7.41. The summed E-state index contributed by atoms with van der Waals surface area (Å²) in [5.41, 5.74) is 5.36. The van der Waals surface area contributed by atoms with E-state index in [1.54, 1.807) is 14.2 Å². The van der Waals surface area contributed by atoms with Gasteiger partial charge in [0.25, 0.3) is 0 Å². The van der Waals surface area contributed by atoms with E-state index in [1.165, 1.54) is 36.0 Å². The van der Waals surface area contributed by atoms with Crippen molar-refractivity contribution >= 4 is 0 Å². The predicted octanol–water partition coefficient (Wildman–Crippen LogP) is 7.09. The Hall–Kier alpha value is -3.60. The van der Waals surface area contributed by atoms with Crippen molar-refractivity contribution < 1.29 is 9.47 Å². The number of ether oxygens (including phenoxy) is 2. The van der Waals surface area contributed by atoms with E-state index in [0.717, 1.165) is 36.6 Å². The molecule has 0 aliphatic carbocycles. The highest BCUT2D eigenvalue weighted by Crippen LogP contribution is 2.45. The summed E-state index contributed by atoms with van der Waals surface area (Å²) in [4.78, 5) is 2.87. The van der Waals surface area contributed by atoms with E-state index in [9.17, 15) is 0 Å². The molecule has 3 aliphatic rings. The average Bonchev–Trinajstić information content (AvgIpc) is 3.05. The van der Waals surface area contributed by atoms with Crippen LogP contribution < -0.4 is 14.8 Å². The van der Waals surface area contributed by atoms with Gasteiger partial charge in [0.1, 0.15) is 11.5 Å². The molecule has 3 saturated heterocycles. The zero-order chi connectivity index (χ0) is 28.0. The Balaban J connectivity index is 1.35. The molecule has 4 heteroatoms. The number of nitrogens with one attached hydrogen (secondary N) is 1. The Morgan fingerprint density at radius 2 is 1.46 bits per heavy atom. The van der Waals surface area contributed by atoms with Crippen molar-refractivity contribution in [2.45, 2.75) is 56.3 Å². The topological polar surface area (TPSA) is 33.7 Å². The quantitative estimate of drug-likeness (QED) is 0.218. The van der Waals surface area contributed by atoms with E-state index in [0.29, 0.717) is 24.0 Å². The average molecular weight is 547 g/mol. The van der Waals surface area contributed by atoms with Crippen LogP contribution in [0, 0.1) is 5.92 Å². The van der Waals surface area contributed by atoms with Gasteiger partial charge >= 0.3 is 0 Å². The summed E-state index contributed by atoms with van der Waals surface area (Å²) in [6, 6.07) is 40.7. The summed E-state index contributed by atoms with van der Waals surface area (Å²) < 4.78 is 11.3. The molecule has 0 amide bonds. The van der Waals surface area contributed by atoms with E-state index in [2.05, 4.69) is 107 Å². The fraction of sp³-hybridized carbons (Fsp3) is 0.351. The first kappa shape index (κ1) is 27.6. The van der Waals surface area contributed by atoms with Crippen molar-refractivity contribution in [1.82, 2.24) is 10.2 Å². The fourth-order valence-corrected chi connectivity index (χ4v) is 7.41. The SMILES string of the molecule is COc1ccc(OC)c(CN[C@@H]2[C@@H]3CCN([C@H](CCc4ccccc4)C3)[C@H]2C(c2ccccc2)c2ccccc2)c1. The highest BCUT2D eigenvalue weighted by Gasteiger charge is 2.49. The van der Waals surface area contributed by atoms with E-state index in [1.807, 2.05) is 12.1 Å². The predicted molar refractivity (Wildman–Crippen MR) is 167 cm³/mol. The van der Waals surface area contributed by atoms with Gasteiger partial charge in [0.05, 0.1) is 14.2 Å². The van der Waals surface area contributed by atoms with E-state index in [4.69, 9.17) is 9.47 Å². The minimum absolute atomic E-state index is 0.282. The Bertz CT molecular complexity index is 1340. The van der Waals surface area contributed by atoms with Gasteiger partial charge in [-0.05, 0) is 73.0 Å². The third-order valence-electron chi connectivity index (χ3n) is 9.34. The van der Waals surface area contributed by atoms with Crippen LogP contribution in [0.1, 0.15) is 47.4 Å². The van der Waals surface area contributed by atoms with Gasteiger partial charge in [0.2, 0.25) is 0 Å². The maximum Gasteiger partial charge on any atom is 0.123 e. The van der Waals surface area contributed by atoms with Crippen molar-refractivity contribution in [2.24, 2.45) is 5.92 Å². The van der Waals surface area contributed by atoms with Crippen LogP contribution >= 0.6 is 0 Å². The smallest absolute Gasteiger partial charge is 0.123 e. The highest BCUT2D eigenvalue weighted by molar-refractivity contribution is 5.41. The molecule has 3 heterocycles. The lowest BCUT2D eigenvalue weighted by Crippen LogP contribution is -2.67. The molecule has 4 nitrogen and oxygen atoms in total. The molecule has 4 aromatic carbocycles. The summed E-state index contributed by atoms with van der Waals surface area (Å²) in [6.45, 7) is 1.91. The van der Waals surface area contributed by atoms with Crippen molar-refractivity contribution in [3.05, 3.63) is 131 Å². The number of nitrogens with zero attached hydrogens (tertiary/aromatic N) is 1. The number of benzene rings is 4. The maximum absolute atomic E-state index is 5.74. The van der Waals surface area contributed by atoms with E-state index < -0.39 is 0 Å². The molecule has 3 aliphatic heterocycles. The monoisotopic (exact) mass is 546 g/mol. The molecule has 7 rings (SSSR count). The zero-order valence-electron chi connectivity index (χ0n) is 24.3. The first-order chi connectivity index (χ1) is 20.2. The van der Waals surface area contributed by atoms with Crippen LogP contribution in [0.4, 0.5) is 0 Å². The molecule has 3 fully saturated rings. The molecule has 5 atom stereocenters. The maximum atomic E-state index is 5.74. The summed E-state index contributed by atoms with van der Waals surface area (Å²) in [5, 5.41) is 4.08. The molecular weight excluding hydrogens is 504 g/mol. The summed E-state index contributed by atoms with van der Waals surface area (Å²) in [7, 11) is 3.48. The van der Waals surface area contributed by atoms with Gasteiger partial charge in [-0.3, -0.25) is 4.90 Å². The Morgan fingerprint density at radius 1 is 0.805 bits per heavy atom. The first-order valence-electron chi connectivity index (χ1n) is 15.1. The number of aryl methyl sites for hydroxylation is 1. The van der Waals surface area contributed by atoms with Crippen LogP contribution in [0.2, 0.25) is 0 Å². The largest absolute Gasteiger partial charge is 0.497 e. The van der Waals surface area contributed by atoms with Gasteiger partial charge in [-0.25, -0.2) is 0 Å². The van der Waals surface area contributed by atoms with Crippen molar-refractivity contribution in [3.63, 3.8) is 0 Å². The summed E-state index contributed by atoms with van der Waals surface area (Å²) in [5.74, 6) is 2.67. The third-order valence-corrected chi connectivity index (χ3v) is 9.34. The van der Waals surface area contributed by atoms with Crippen molar-refractivity contribution in [1.29, 1.82) is 0 Å².